The molecule has 0 aromatic rings. The maximum absolute atomic E-state index is 12.7. The van der Waals surface area contributed by atoms with Crippen LogP contribution in [0.4, 0.5) is 0 Å². The molecular formula is C19H34N8O6. The minimum atomic E-state index is -1.17. The molecule has 1 aliphatic heterocycles. The fourth-order valence-corrected chi connectivity index (χ4v) is 3.40. The number of carboxylic acid groups (broad SMARTS) is 1. The second kappa shape index (κ2) is 13.2. The summed E-state index contributed by atoms with van der Waals surface area (Å²) in [5.41, 5.74) is 21.5. The van der Waals surface area contributed by atoms with E-state index in [2.05, 4.69) is 15.6 Å². The molecule has 4 amide bonds. The third kappa shape index (κ3) is 9.31. The molecule has 0 aliphatic carbocycles. The van der Waals surface area contributed by atoms with Crippen LogP contribution in [-0.4, -0.2) is 82.8 Å². The summed E-state index contributed by atoms with van der Waals surface area (Å²) in [6.07, 6.45) is 1.26. The monoisotopic (exact) mass is 470 g/mol. The summed E-state index contributed by atoms with van der Waals surface area (Å²) >= 11 is 0. The molecule has 1 fully saturated rings. The van der Waals surface area contributed by atoms with E-state index in [-0.39, 0.29) is 38.3 Å². The van der Waals surface area contributed by atoms with Crippen LogP contribution in [0.2, 0.25) is 0 Å². The van der Waals surface area contributed by atoms with E-state index < -0.39 is 53.8 Å². The molecule has 0 aromatic carbocycles. The van der Waals surface area contributed by atoms with E-state index in [1.54, 1.807) is 0 Å². The molecule has 1 heterocycles. The topological polar surface area (TPSA) is 249 Å². The predicted molar refractivity (Wildman–Crippen MR) is 118 cm³/mol. The molecule has 0 bridgehead atoms. The molecular weight excluding hydrogens is 436 g/mol. The summed E-state index contributed by atoms with van der Waals surface area (Å²) in [5.74, 6) is -3.76. The van der Waals surface area contributed by atoms with E-state index in [9.17, 15) is 29.1 Å². The average molecular weight is 471 g/mol. The first kappa shape index (κ1) is 27.6. The van der Waals surface area contributed by atoms with Gasteiger partial charge in [0.05, 0.1) is 6.04 Å². The summed E-state index contributed by atoms with van der Waals surface area (Å²) in [6, 6.07) is -4.11. The van der Waals surface area contributed by atoms with Gasteiger partial charge in [0.25, 0.3) is 0 Å². The second-order valence-electron chi connectivity index (χ2n) is 7.88. The first-order valence-electron chi connectivity index (χ1n) is 10.7. The van der Waals surface area contributed by atoms with Gasteiger partial charge in [-0.25, -0.2) is 4.79 Å². The van der Waals surface area contributed by atoms with Crippen molar-refractivity contribution in [2.75, 3.05) is 13.1 Å². The highest BCUT2D eigenvalue weighted by molar-refractivity contribution is 5.94. The molecule has 33 heavy (non-hydrogen) atoms. The lowest BCUT2D eigenvalue weighted by molar-refractivity contribution is -0.149. The van der Waals surface area contributed by atoms with Crippen molar-refractivity contribution >= 4 is 35.6 Å². The number of guanidine groups is 1. The molecule has 4 unspecified atom stereocenters. The van der Waals surface area contributed by atoms with Crippen molar-refractivity contribution in [3.05, 3.63) is 0 Å². The van der Waals surface area contributed by atoms with E-state index in [1.165, 1.54) is 11.8 Å². The maximum atomic E-state index is 12.7. The number of nitrogens with two attached hydrogens (primary N) is 4. The number of carboxylic acids is 1. The Morgan fingerprint density at radius 3 is 2.33 bits per heavy atom. The number of amides is 4. The van der Waals surface area contributed by atoms with Crippen molar-refractivity contribution in [3.8, 4) is 0 Å². The SMILES string of the molecule is CC(NC(=O)C(CCC(N)=O)NC(=O)C(N)CCCN=C(N)N)C(=O)N1CCCC1C(=O)O. The Balaban J connectivity index is 2.74. The molecule has 186 valence electrons. The van der Waals surface area contributed by atoms with Gasteiger partial charge in [0, 0.05) is 19.5 Å². The molecule has 0 spiro atoms. The van der Waals surface area contributed by atoms with Gasteiger partial charge in [-0.1, -0.05) is 0 Å². The Morgan fingerprint density at radius 1 is 1.09 bits per heavy atom. The van der Waals surface area contributed by atoms with Crippen LogP contribution in [0, 0.1) is 0 Å². The van der Waals surface area contributed by atoms with Gasteiger partial charge >= 0.3 is 5.97 Å². The van der Waals surface area contributed by atoms with Crippen LogP contribution in [0.1, 0.15) is 45.4 Å². The number of hydrogen-bond acceptors (Lipinski definition) is 7. The zero-order valence-corrected chi connectivity index (χ0v) is 18.7. The highest BCUT2D eigenvalue weighted by Gasteiger charge is 2.37. The van der Waals surface area contributed by atoms with Gasteiger partial charge in [-0.05, 0) is 39.0 Å². The summed E-state index contributed by atoms with van der Waals surface area (Å²) in [4.78, 5) is 65.3. The molecule has 0 aromatic heterocycles. The van der Waals surface area contributed by atoms with E-state index in [0.717, 1.165) is 0 Å². The highest BCUT2D eigenvalue weighted by atomic mass is 16.4. The molecule has 11 N–H and O–H groups in total. The molecule has 1 saturated heterocycles. The highest BCUT2D eigenvalue weighted by Crippen LogP contribution is 2.18. The van der Waals surface area contributed by atoms with E-state index >= 15 is 0 Å². The number of carbonyl (C=O) groups excluding carboxylic acids is 4. The Morgan fingerprint density at radius 2 is 1.76 bits per heavy atom. The molecule has 0 saturated carbocycles. The Bertz CT molecular complexity index is 769. The number of nitrogens with zero attached hydrogens (tertiary/aromatic N) is 2. The average Bonchev–Trinajstić information content (AvgIpc) is 3.22. The summed E-state index contributed by atoms with van der Waals surface area (Å²) in [7, 11) is 0. The normalized spacial score (nSPS) is 18.0. The van der Waals surface area contributed by atoms with Crippen LogP contribution >= 0.6 is 0 Å². The summed E-state index contributed by atoms with van der Waals surface area (Å²) < 4.78 is 0. The van der Waals surface area contributed by atoms with Crippen molar-refractivity contribution in [1.82, 2.24) is 15.5 Å². The quantitative estimate of drug-likeness (QED) is 0.0807. The maximum Gasteiger partial charge on any atom is 0.326 e. The fourth-order valence-electron chi connectivity index (χ4n) is 3.40. The van der Waals surface area contributed by atoms with Crippen molar-refractivity contribution in [1.29, 1.82) is 0 Å². The zero-order valence-electron chi connectivity index (χ0n) is 18.7. The van der Waals surface area contributed by atoms with Gasteiger partial charge in [0.15, 0.2) is 5.96 Å². The second-order valence-corrected chi connectivity index (χ2v) is 7.88. The van der Waals surface area contributed by atoms with Gasteiger partial charge in [-0.2, -0.15) is 0 Å². The summed E-state index contributed by atoms with van der Waals surface area (Å²) in [6.45, 7) is 1.97. The van der Waals surface area contributed by atoms with Crippen molar-refractivity contribution in [2.45, 2.75) is 69.6 Å². The van der Waals surface area contributed by atoms with Gasteiger partial charge in [-0.3, -0.25) is 24.2 Å². The fraction of sp³-hybridized carbons (Fsp3) is 0.684. The number of aliphatic carboxylic acids is 1. The smallest absolute Gasteiger partial charge is 0.326 e. The first-order valence-corrected chi connectivity index (χ1v) is 10.7. The molecule has 4 atom stereocenters. The number of aliphatic imine (C=N–C) groups is 1. The number of carbonyl (C=O) groups is 5. The minimum Gasteiger partial charge on any atom is -0.480 e. The molecule has 0 radical (unpaired) electrons. The van der Waals surface area contributed by atoms with Gasteiger partial charge in [-0.15, -0.1) is 0 Å². The van der Waals surface area contributed by atoms with Crippen molar-refractivity contribution in [3.63, 3.8) is 0 Å². The first-order chi connectivity index (χ1) is 15.4. The van der Waals surface area contributed by atoms with Gasteiger partial charge < -0.3 is 43.6 Å². The minimum absolute atomic E-state index is 0.0801. The largest absolute Gasteiger partial charge is 0.480 e. The Kier molecular flexibility index (Phi) is 11.0. The van der Waals surface area contributed by atoms with Gasteiger partial charge in [0.1, 0.15) is 18.1 Å². The molecule has 14 heteroatoms. The Labute approximate surface area is 191 Å². The number of primary amides is 1. The number of rotatable bonds is 13. The number of nitrogens with one attached hydrogen (secondary N) is 2. The van der Waals surface area contributed by atoms with E-state index in [0.29, 0.717) is 19.3 Å². The Hall–Kier alpha value is -3.42. The zero-order chi connectivity index (χ0) is 25.1. The molecule has 1 aliphatic rings. The lowest BCUT2D eigenvalue weighted by Crippen LogP contribution is -2.56. The van der Waals surface area contributed by atoms with Crippen LogP contribution in [0.25, 0.3) is 0 Å². The standard InChI is InChI=1S/C19H34N8O6/c1-10(17(31)27-9-3-5-13(27)18(32)33)25-16(30)12(6-7-14(21)28)26-15(29)11(20)4-2-8-24-19(22)23/h10-13H,2-9,20H2,1H3,(H2,21,28)(H,25,30)(H,26,29)(H,32,33)(H4,22,23,24). The number of likely N-dealkylation sites (tertiary alicyclic amines) is 1. The van der Waals surface area contributed by atoms with Crippen LogP contribution in [-0.2, 0) is 24.0 Å². The predicted octanol–water partition coefficient (Wildman–Crippen LogP) is -3.30. The van der Waals surface area contributed by atoms with Crippen LogP contribution < -0.4 is 33.6 Å². The molecule has 1 rings (SSSR count). The van der Waals surface area contributed by atoms with Crippen LogP contribution in [0.3, 0.4) is 0 Å². The third-order valence-electron chi connectivity index (χ3n) is 5.17. The summed E-state index contributed by atoms with van der Waals surface area (Å²) in [5, 5.41) is 14.2. The van der Waals surface area contributed by atoms with Crippen LogP contribution in [0.5, 0.6) is 0 Å². The van der Waals surface area contributed by atoms with Crippen molar-refractivity contribution < 1.29 is 29.1 Å². The van der Waals surface area contributed by atoms with Crippen molar-refractivity contribution in [2.24, 2.45) is 27.9 Å². The third-order valence-corrected chi connectivity index (χ3v) is 5.17. The van der Waals surface area contributed by atoms with Gasteiger partial charge in [0.2, 0.25) is 23.6 Å². The lowest BCUT2D eigenvalue weighted by atomic mass is 10.1. The molecule has 14 nitrogen and oxygen atoms in total. The lowest BCUT2D eigenvalue weighted by Gasteiger charge is -2.27. The van der Waals surface area contributed by atoms with Crippen LogP contribution in [0.15, 0.2) is 4.99 Å². The van der Waals surface area contributed by atoms with E-state index in [4.69, 9.17) is 22.9 Å². The van der Waals surface area contributed by atoms with E-state index in [1.807, 2.05) is 0 Å². The number of hydrogen-bond donors (Lipinski definition) is 7.